The van der Waals surface area contributed by atoms with Crippen molar-refractivity contribution in [3.05, 3.63) is 59.1 Å². The molecule has 2 aliphatic rings. The van der Waals surface area contributed by atoms with Crippen molar-refractivity contribution in [2.24, 2.45) is 11.0 Å². The number of carbonyl (C=O) groups is 3. The molecule has 2 heterocycles. The Labute approximate surface area is 166 Å². The Morgan fingerprint density at radius 1 is 1.00 bits per heavy atom. The Bertz CT molecular complexity index is 1000. The molecule has 8 heteroatoms. The van der Waals surface area contributed by atoms with Crippen LogP contribution >= 0.6 is 11.6 Å². The summed E-state index contributed by atoms with van der Waals surface area (Å²) in [5.41, 5.74) is 1.96. The number of carbonyl (C=O) groups excluding carboxylic acids is 3. The van der Waals surface area contributed by atoms with E-state index in [1.54, 1.807) is 36.4 Å². The van der Waals surface area contributed by atoms with E-state index in [0.717, 1.165) is 10.5 Å². The molecule has 2 atom stereocenters. The van der Waals surface area contributed by atoms with Crippen molar-refractivity contribution in [3.63, 3.8) is 0 Å². The van der Waals surface area contributed by atoms with Crippen molar-refractivity contribution in [1.29, 1.82) is 0 Å². The van der Waals surface area contributed by atoms with Crippen LogP contribution in [0.25, 0.3) is 0 Å². The molecule has 0 bridgehead atoms. The monoisotopic (exact) mass is 397 g/mol. The van der Waals surface area contributed by atoms with Crippen molar-refractivity contribution in [2.45, 2.75) is 13.0 Å². The van der Waals surface area contributed by atoms with E-state index in [2.05, 4.69) is 5.10 Å². The Kier molecular flexibility index (Phi) is 4.39. The summed E-state index contributed by atoms with van der Waals surface area (Å²) < 4.78 is 4.79. The van der Waals surface area contributed by atoms with Gasteiger partial charge in [0.25, 0.3) is 5.91 Å². The molecule has 2 aliphatic heterocycles. The largest absolute Gasteiger partial charge is 0.464 e. The van der Waals surface area contributed by atoms with Gasteiger partial charge in [-0.25, -0.2) is 9.69 Å². The fourth-order valence-electron chi connectivity index (χ4n) is 3.44. The summed E-state index contributed by atoms with van der Waals surface area (Å²) >= 11 is 5.91. The van der Waals surface area contributed by atoms with E-state index in [9.17, 15) is 14.4 Å². The third kappa shape index (κ3) is 2.75. The number of hydrazone groups is 1. The Balaban J connectivity index is 1.79. The van der Waals surface area contributed by atoms with Crippen LogP contribution in [-0.4, -0.2) is 36.6 Å². The number of imide groups is 1. The lowest BCUT2D eigenvalue weighted by molar-refractivity contribution is -0.133. The summed E-state index contributed by atoms with van der Waals surface area (Å²) in [5.74, 6) is -2.74. The first-order valence-electron chi connectivity index (χ1n) is 8.58. The van der Waals surface area contributed by atoms with Gasteiger partial charge >= 0.3 is 5.97 Å². The van der Waals surface area contributed by atoms with Crippen molar-refractivity contribution in [3.8, 4) is 0 Å². The molecule has 2 aromatic rings. The molecule has 0 radical (unpaired) electrons. The number of rotatable bonds is 3. The van der Waals surface area contributed by atoms with Crippen molar-refractivity contribution >= 4 is 46.5 Å². The number of halogens is 1. The minimum atomic E-state index is -1.03. The van der Waals surface area contributed by atoms with Gasteiger partial charge in [-0.05, 0) is 43.3 Å². The molecule has 0 aliphatic carbocycles. The number of hydrogen-bond acceptors (Lipinski definition) is 6. The number of hydrogen-bond donors (Lipinski definition) is 0. The number of aryl methyl sites for hydroxylation is 1. The number of esters is 1. The second kappa shape index (κ2) is 6.76. The molecular formula is C20H16ClN3O4. The number of methoxy groups -OCH3 is 1. The van der Waals surface area contributed by atoms with Crippen LogP contribution in [0.15, 0.2) is 53.6 Å². The molecule has 28 heavy (non-hydrogen) atoms. The minimum Gasteiger partial charge on any atom is -0.464 e. The highest BCUT2D eigenvalue weighted by molar-refractivity contribution is 6.47. The van der Waals surface area contributed by atoms with Crippen LogP contribution in [0, 0.1) is 12.8 Å². The molecule has 2 amide bonds. The van der Waals surface area contributed by atoms with E-state index >= 15 is 0 Å². The van der Waals surface area contributed by atoms with E-state index in [0.29, 0.717) is 16.4 Å². The van der Waals surface area contributed by atoms with Crippen LogP contribution in [0.5, 0.6) is 0 Å². The molecule has 0 spiro atoms. The van der Waals surface area contributed by atoms with Crippen molar-refractivity contribution < 1.29 is 19.1 Å². The molecule has 4 rings (SSSR count). The molecule has 0 unspecified atom stereocenters. The molecule has 1 saturated heterocycles. The third-order valence-corrected chi connectivity index (χ3v) is 5.08. The maximum absolute atomic E-state index is 13.2. The Morgan fingerprint density at radius 3 is 2.21 bits per heavy atom. The van der Waals surface area contributed by atoms with Crippen LogP contribution in [0.2, 0.25) is 5.02 Å². The van der Waals surface area contributed by atoms with Gasteiger partial charge < -0.3 is 4.74 Å². The van der Waals surface area contributed by atoms with Gasteiger partial charge in [-0.15, -0.1) is 0 Å². The first-order valence-corrected chi connectivity index (χ1v) is 8.96. The summed E-state index contributed by atoms with van der Waals surface area (Å²) in [6.45, 7) is 1.94. The number of nitrogens with zero attached hydrogens (tertiary/aromatic N) is 3. The van der Waals surface area contributed by atoms with Crippen LogP contribution < -0.4 is 9.91 Å². The average molecular weight is 398 g/mol. The van der Waals surface area contributed by atoms with Crippen molar-refractivity contribution in [1.82, 2.24) is 0 Å². The predicted octanol–water partition coefficient (Wildman–Crippen LogP) is 2.56. The van der Waals surface area contributed by atoms with Gasteiger partial charge in [0, 0.05) is 5.02 Å². The fraction of sp³-hybridized carbons (Fsp3) is 0.200. The Hall–Kier alpha value is -3.19. The fourth-order valence-corrected chi connectivity index (χ4v) is 3.57. The molecular weight excluding hydrogens is 382 g/mol. The molecule has 142 valence electrons. The van der Waals surface area contributed by atoms with Gasteiger partial charge in [-0.1, -0.05) is 29.3 Å². The number of benzene rings is 2. The van der Waals surface area contributed by atoms with Gasteiger partial charge in [-0.3, -0.25) is 14.6 Å². The number of ether oxygens (including phenoxy) is 1. The second-order valence-corrected chi connectivity index (χ2v) is 7.00. The van der Waals surface area contributed by atoms with Gasteiger partial charge in [0.2, 0.25) is 5.91 Å². The minimum absolute atomic E-state index is 0.0807. The van der Waals surface area contributed by atoms with Gasteiger partial charge in [-0.2, -0.15) is 5.10 Å². The van der Waals surface area contributed by atoms with Gasteiger partial charge in [0.1, 0.15) is 12.0 Å². The highest BCUT2D eigenvalue weighted by Crippen LogP contribution is 2.38. The summed E-state index contributed by atoms with van der Waals surface area (Å²) in [6.07, 6.45) is 0. The zero-order valence-electron chi connectivity index (χ0n) is 15.1. The van der Waals surface area contributed by atoms with Gasteiger partial charge in [0.15, 0.2) is 5.71 Å². The molecule has 0 saturated carbocycles. The highest BCUT2D eigenvalue weighted by Gasteiger charge is 2.59. The van der Waals surface area contributed by atoms with Crippen molar-refractivity contribution in [2.75, 3.05) is 17.0 Å². The van der Waals surface area contributed by atoms with E-state index in [1.165, 1.54) is 12.1 Å². The molecule has 0 aromatic heterocycles. The number of anilines is 2. The first-order chi connectivity index (χ1) is 13.4. The number of amides is 2. The lowest BCUT2D eigenvalue weighted by atomic mass is 9.97. The number of fused-ring (bicyclic) bond motifs is 1. The van der Waals surface area contributed by atoms with Crippen LogP contribution in [0.4, 0.5) is 11.4 Å². The third-order valence-electron chi connectivity index (χ3n) is 4.83. The maximum atomic E-state index is 13.2. The quantitative estimate of drug-likeness (QED) is 0.587. The lowest BCUT2D eigenvalue weighted by Gasteiger charge is -2.22. The summed E-state index contributed by atoms with van der Waals surface area (Å²) in [6, 6.07) is 12.7. The van der Waals surface area contributed by atoms with E-state index in [1.807, 2.05) is 19.1 Å². The van der Waals surface area contributed by atoms with Crippen LogP contribution in [0.1, 0.15) is 5.56 Å². The average Bonchev–Trinajstić information content (AvgIpc) is 3.20. The SMILES string of the molecule is COC(=O)C1=NN(c2ccc(C)cc2)[C@@H]2C(=O)N(c3ccc(Cl)cc3)C(=O)[C@@H]12. The van der Waals surface area contributed by atoms with Crippen LogP contribution in [0.3, 0.4) is 0 Å². The molecule has 0 N–H and O–H groups in total. The van der Waals surface area contributed by atoms with E-state index in [4.69, 9.17) is 16.3 Å². The summed E-state index contributed by atoms with van der Waals surface area (Å²) in [7, 11) is 1.21. The zero-order chi connectivity index (χ0) is 20.0. The van der Waals surface area contributed by atoms with Crippen LogP contribution in [-0.2, 0) is 19.1 Å². The van der Waals surface area contributed by atoms with E-state index in [-0.39, 0.29) is 5.71 Å². The Morgan fingerprint density at radius 2 is 1.61 bits per heavy atom. The molecule has 7 nitrogen and oxygen atoms in total. The smallest absolute Gasteiger partial charge is 0.355 e. The highest BCUT2D eigenvalue weighted by atomic mass is 35.5. The van der Waals surface area contributed by atoms with E-state index < -0.39 is 29.7 Å². The summed E-state index contributed by atoms with van der Waals surface area (Å²) in [4.78, 5) is 39.6. The molecule has 1 fully saturated rings. The standard InChI is InChI=1S/C20H16ClN3O4/c1-11-3-7-14(8-4-11)24-17-15(16(22-24)20(27)28-2)18(25)23(19(17)26)13-9-5-12(21)6-10-13/h3-10,15,17H,1-2H3/t15-,17-/m0/s1. The normalized spacial score (nSPS) is 21.0. The zero-order valence-corrected chi connectivity index (χ0v) is 15.9. The van der Waals surface area contributed by atoms with Gasteiger partial charge in [0.05, 0.1) is 18.5 Å². The first kappa shape index (κ1) is 18.2. The topological polar surface area (TPSA) is 79.3 Å². The molecule has 2 aromatic carbocycles. The maximum Gasteiger partial charge on any atom is 0.355 e. The lowest BCUT2D eigenvalue weighted by Crippen LogP contribution is -2.39. The predicted molar refractivity (Wildman–Crippen MR) is 104 cm³/mol. The second-order valence-electron chi connectivity index (χ2n) is 6.57. The summed E-state index contributed by atoms with van der Waals surface area (Å²) in [5, 5.41) is 6.18.